The van der Waals surface area contributed by atoms with Crippen LogP contribution in [0, 0.1) is 5.92 Å². The Labute approximate surface area is 161 Å². The number of pyridine rings is 1. The van der Waals surface area contributed by atoms with Gasteiger partial charge in [-0.3, -0.25) is 9.78 Å². The van der Waals surface area contributed by atoms with Gasteiger partial charge in [0.1, 0.15) is 0 Å². The lowest BCUT2D eigenvalue weighted by Crippen LogP contribution is -2.40. The lowest BCUT2D eigenvalue weighted by molar-refractivity contribution is 0.0658. The van der Waals surface area contributed by atoms with Crippen molar-refractivity contribution in [2.45, 2.75) is 38.0 Å². The maximum Gasteiger partial charge on any atom is 0.276 e. The predicted octanol–water partition coefficient (Wildman–Crippen LogP) is 3.09. The third kappa shape index (κ3) is 3.54. The molecule has 1 unspecified atom stereocenters. The highest BCUT2D eigenvalue weighted by atomic mass is 16.5. The zero-order valence-corrected chi connectivity index (χ0v) is 15.5. The Hall–Kier alpha value is -3.03. The highest BCUT2D eigenvalue weighted by Gasteiger charge is 2.31. The standard InChI is InChI=1S/C20H21N5O3/c26-20(16-10-17(27-23-16)15-4-1-7-21-11-15)25-8-2-3-13(12-25)9-18-22-19(24-28-18)14-5-6-14/h1,4,7,10-11,13-14H,2-3,5-6,8-9,12H2. The van der Waals surface area contributed by atoms with Gasteiger partial charge in [0.2, 0.25) is 5.89 Å². The molecule has 2 fully saturated rings. The van der Waals surface area contributed by atoms with Crippen LogP contribution in [0.5, 0.6) is 0 Å². The SMILES string of the molecule is O=C(c1cc(-c2cccnc2)on1)N1CCCC(Cc2nc(C3CC3)no2)C1. The van der Waals surface area contributed by atoms with E-state index in [2.05, 4.69) is 20.3 Å². The minimum absolute atomic E-state index is 0.104. The van der Waals surface area contributed by atoms with Crippen molar-refractivity contribution in [2.24, 2.45) is 5.92 Å². The normalized spacial score (nSPS) is 19.7. The lowest BCUT2D eigenvalue weighted by Gasteiger charge is -2.31. The molecule has 0 aromatic carbocycles. The summed E-state index contributed by atoms with van der Waals surface area (Å²) in [6, 6.07) is 5.38. The Balaban J connectivity index is 1.24. The van der Waals surface area contributed by atoms with E-state index in [0.29, 0.717) is 42.1 Å². The van der Waals surface area contributed by atoms with Crippen molar-refractivity contribution in [3.05, 3.63) is 48.0 Å². The van der Waals surface area contributed by atoms with E-state index >= 15 is 0 Å². The molecule has 1 atom stereocenters. The van der Waals surface area contributed by atoms with E-state index in [1.54, 1.807) is 18.5 Å². The summed E-state index contributed by atoms with van der Waals surface area (Å²) in [4.78, 5) is 23.3. The molecule has 3 aromatic rings. The van der Waals surface area contributed by atoms with Gasteiger partial charge in [0.15, 0.2) is 17.3 Å². The molecule has 3 aromatic heterocycles. The molecule has 1 aliphatic carbocycles. The van der Waals surface area contributed by atoms with Crippen LogP contribution in [0.1, 0.15) is 53.8 Å². The Kier molecular flexibility index (Phi) is 4.38. The molecular formula is C20H21N5O3. The fourth-order valence-corrected chi connectivity index (χ4v) is 3.70. The molecule has 144 valence electrons. The van der Waals surface area contributed by atoms with E-state index in [9.17, 15) is 4.79 Å². The van der Waals surface area contributed by atoms with Crippen LogP contribution < -0.4 is 0 Å². The summed E-state index contributed by atoms with van der Waals surface area (Å²) in [5.41, 5.74) is 1.13. The molecular weight excluding hydrogens is 358 g/mol. The van der Waals surface area contributed by atoms with Gasteiger partial charge in [-0.25, -0.2) is 0 Å². The molecule has 0 spiro atoms. The zero-order chi connectivity index (χ0) is 18.9. The smallest absolute Gasteiger partial charge is 0.276 e. The Morgan fingerprint density at radius 1 is 1.21 bits per heavy atom. The second-order valence-corrected chi connectivity index (χ2v) is 7.60. The number of carbonyl (C=O) groups excluding carboxylic acids is 1. The van der Waals surface area contributed by atoms with Crippen LogP contribution in [0.3, 0.4) is 0 Å². The molecule has 1 saturated heterocycles. The Bertz CT molecular complexity index is 963. The van der Waals surface area contributed by atoms with Crippen molar-refractivity contribution < 1.29 is 13.8 Å². The number of likely N-dealkylation sites (tertiary alicyclic amines) is 1. The van der Waals surface area contributed by atoms with E-state index in [1.165, 1.54) is 0 Å². The zero-order valence-electron chi connectivity index (χ0n) is 15.5. The lowest BCUT2D eigenvalue weighted by atomic mass is 9.94. The van der Waals surface area contributed by atoms with E-state index in [0.717, 1.165) is 43.6 Å². The fraction of sp³-hybridized carbons (Fsp3) is 0.450. The summed E-state index contributed by atoms with van der Waals surface area (Å²) in [6.45, 7) is 1.39. The maximum absolute atomic E-state index is 12.9. The third-order valence-electron chi connectivity index (χ3n) is 5.37. The summed E-state index contributed by atoms with van der Waals surface area (Å²) in [7, 11) is 0. The molecule has 2 aliphatic rings. The number of hydrogen-bond acceptors (Lipinski definition) is 7. The second kappa shape index (κ2) is 7.18. The van der Waals surface area contributed by atoms with Gasteiger partial charge in [-0.2, -0.15) is 4.98 Å². The molecule has 0 N–H and O–H groups in total. The van der Waals surface area contributed by atoms with Gasteiger partial charge in [0.05, 0.1) is 0 Å². The van der Waals surface area contributed by atoms with Crippen LogP contribution in [-0.4, -0.2) is 44.2 Å². The minimum Gasteiger partial charge on any atom is -0.355 e. The topological polar surface area (TPSA) is 98.2 Å². The van der Waals surface area contributed by atoms with E-state index in [1.807, 2.05) is 17.0 Å². The summed E-state index contributed by atoms with van der Waals surface area (Å²) in [6.07, 6.45) is 8.40. The number of amides is 1. The minimum atomic E-state index is -0.104. The van der Waals surface area contributed by atoms with Crippen LogP contribution in [0.25, 0.3) is 11.3 Å². The summed E-state index contributed by atoms with van der Waals surface area (Å²) in [5, 5.41) is 8.05. The van der Waals surface area contributed by atoms with Gasteiger partial charge in [0, 0.05) is 49.5 Å². The number of rotatable bonds is 5. The first kappa shape index (κ1) is 17.1. The number of nitrogens with zero attached hydrogens (tertiary/aromatic N) is 5. The molecule has 4 heterocycles. The molecule has 0 radical (unpaired) electrons. The van der Waals surface area contributed by atoms with Gasteiger partial charge < -0.3 is 13.9 Å². The van der Waals surface area contributed by atoms with Crippen molar-refractivity contribution in [3.63, 3.8) is 0 Å². The summed E-state index contributed by atoms with van der Waals surface area (Å²) < 4.78 is 10.7. The van der Waals surface area contributed by atoms with Crippen molar-refractivity contribution in [1.29, 1.82) is 0 Å². The first-order chi connectivity index (χ1) is 13.8. The monoisotopic (exact) mass is 379 g/mol. The Morgan fingerprint density at radius 2 is 2.14 bits per heavy atom. The number of aromatic nitrogens is 4. The third-order valence-corrected chi connectivity index (χ3v) is 5.37. The number of piperidine rings is 1. The van der Waals surface area contributed by atoms with Gasteiger partial charge in [0.25, 0.3) is 5.91 Å². The average Bonchev–Trinajstić information content (AvgIpc) is 3.28. The number of hydrogen-bond donors (Lipinski definition) is 0. The van der Waals surface area contributed by atoms with Gasteiger partial charge in [-0.15, -0.1) is 0 Å². The number of carbonyl (C=O) groups is 1. The van der Waals surface area contributed by atoms with Crippen LogP contribution in [-0.2, 0) is 6.42 Å². The van der Waals surface area contributed by atoms with Gasteiger partial charge in [-0.05, 0) is 43.7 Å². The Morgan fingerprint density at radius 3 is 2.96 bits per heavy atom. The molecule has 1 amide bonds. The van der Waals surface area contributed by atoms with Crippen LogP contribution in [0.2, 0.25) is 0 Å². The van der Waals surface area contributed by atoms with Crippen molar-refractivity contribution in [2.75, 3.05) is 13.1 Å². The predicted molar refractivity (Wildman–Crippen MR) is 98.3 cm³/mol. The van der Waals surface area contributed by atoms with Crippen LogP contribution in [0.15, 0.2) is 39.6 Å². The molecule has 28 heavy (non-hydrogen) atoms. The first-order valence-corrected chi connectivity index (χ1v) is 9.75. The largest absolute Gasteiger partial charge is 0.355 e. The van der Waals surface area contributed by atoms with Crippen LogP contribution >= 0.6 is 0 Å². The van der Waals surface area contributed by atoms with Crippen molar-refractivity contribution >= 4 is 5.91 Å². The highest BCUT2D eigenvalue weighted by molar-refractivity contribution is 5.93. The summed E-state index contributed by atoms with van der Waals surface area (Å²) in [5.74, 6) is 2.76. The molecule has 8 heteroatoms. The quantitative estimate of drug-likeness (QED) is 0.672. The van der Waals surface area contributed by atoms with E-state index in [-0.39, 0.29) is 5.91 Å². The molecule has 1 aliphatic heterocycles. The second-order valence-electron chi connectivity index (χ2n) is 7.60. The first-order valence-electron chi connectivity index (χ1n) is 9.75. The van der Waals surface area contributed by atoms with Gasteiger partial charge in [-0.1, -0.05) is 10.3 Å². The average molecular weight is 379 g/mol. The van der Waals surface area contributed by atoms with Crippen molar-refractivity contribution in [3.8, 4) is 11.3 Å². The van der Waals surface area contributed by atoms with Crippen LogP contribution in [0.4, 0.5) is 0 Å². The fourth-order valence-electron chi connectivity index (χ4n) is 3.70. The van der Waals surface area contributed by atoms with E-state index in [4.69, 9.17) is 9.05 Å². The van der Waals surface area contributed by atoms with Gasteiger partial charge >= 0.3 is 0 Å². The van der Waals surface area contributed by atoms with E-state index < -0.39 is 0 Å². The molecule has 8 nitrogen and oxygen atoms in total. The molecule has 1 saturated carbocycles. The maximum atomic E-state index is 12.9. The summed E-state index contributed by atoms with van der Waals surface area (Å²) >= 11 is 0. The molecule has 5 rings (SSSR count). The highest BCUT2D eigenvalue weighted by Crippen LogP contribution is 2.38. The molecule has 0 bridgehead atoms. The van der Waals surface area contributed by atoms with Crippen molar-refractivity contribution in [1.82, 2.24) is 25.2 Å².